The van der Waals surface area contributed by atoms with Crippen molar-refractivity contribution in [2.24, 2.45) is 17.6 Å². The minimum absolute atomic E-state index is 0.0789. The van der Waals surface area contributed by atoms with Crippen LogP contribution < -0.4 is 11.1 Å². The molecule has 3 N–H and O–H groups in total. The summed E-state index contributed by atoms with van der Waals surface area (Å²) in [4.78, 5) is 26.8. The first kappa shape index (κ1) is 24.4. The second kappa shape index (κ2) is 10.7. The number of nitrogens with one attached hydrogen (secondary N) is 1. The van der Waals surface area contributed by atoms with Crippen LogP contribution in [0.15, 0.2) is 59.5 Å². The molecule has 2 heterocycles. The number of nitrogens with two attached hydrogens (primary N) is 1. The molecule has 9 heteroatoms. The highest BCUT2D eigenvalue weighted by atomic mass is 32.2. The van der Waals surface area contributed by atoms with E-state index in [0.717, 1.165) is 37.2 Å². The second-order valence-electron chi connectivity index (χ2n) is 9.15. The number of piperidine rings is 2. The number of likely N-dealkylation sites (tertiary alicyclic amines) is 1. The van der Waals surface area contributed by atoms with E-state index in [0.29, 0.717) is 32.5 Å². The van der Waals surface area contributed by atoms with Crippen molar-refractivity contribution in [2.45, 2.75) is 37.1 Å². The zero-order valence-electron chi connectivity index (χ0n) is 19.2. The molecular formula is C25H32N4O4S. The molecule has 0 bridgehead atoms. The van der Waals surface area contributed by atoms with Crippen molar-refractivity contribution in [3.05, 3.63) is 60.2 Å². The Hall–Kier alpha value is -2.75. The molecule has 182 valence electrons. The molecule has 2 amide bonds. The molecule has 1 unspecified atom stereocenters. The van der Waals surface area contributed by atoms with Crippen molar-refractivity contribution < 1.29 is 18.0 Å². The maximum atomic E-state index is 12.8. The van der Waals surface area contributed by atoms with Crippen LogP contribution in [-0.4, -0.2) is 55.6 Å². The van der Waals surface area contributed by atoms with E-state index in [1.807, 2.05) is 24.3 Å². The fourth-order valence-corrected chi connectivity index (χ4v) is 6.22. The highest BCUT2D eigenvalue weighted by Crippen LogP contribution is 2.25. The van der Waals surface area contributed by atoms with E-state index in [1.54, 1.807) is 30.3 Å². The molecule has 8 nitrogen and oxygen atoms in total. The third-order valence-corrected chi connectivity index (χ3v) is 8.65. The summed E-state index contributed by atoms with van der Waals surface area (Å²) >= 11 is 0. The Labute approximate surface area is 201 Å². The lowest BCUT2D eigenvalue weighted by molar-refractivity contribution is -0.123. The van der Waals surface area contributed by atoms with Crippen LogP contribution in [0.4, 0.5) is 5.69 Å². The molecule has 1 atom stereocenters. The van der Waals surface area contributed by atoms with Crippen LogP contribution in [0.1, 0.15) is 31.2 Å². The predicted octanol–water partition coefficient (Wildman–Crippen LogP) is 2.42. The van der Waals surface area contributed by atoms with Crippen molar-refractivity contribution in [3.63, 3.8) is 0 Å². The maximum Gasteiger partial charge on any atom is 0.243 e. The molecular weight excluding hydrogens is 452 g/mol. The van der Waals surface area contributed by atoms with Crippen molar-refractivity contribution in [3.8, 4) is 0 Å². The number of carbonyl (C=O) groups excluding carboxylic acids is 2. The Morgan fingerprint density at radius 1 is 0.912 bits per heavy atom. The van der Waals surface area contributed by atoms with E-state index in [2.05, 4.69) is 10.2 Å². The number of carbonyl (C=O) groups is 2. The van der Waals surface area contributed by atoms with Crippen LogP contribution in [0.2, 0.25) is 0 Å². The molecule has 2 aliphatic heterocycles. The number of primary amides is 1. The minimum Gasteiger partial charge on any atom is -0.369 e. The summed E-state index contributed by atoms with van der Waals surface area (Å²) in [6.45, 7) is 3.03. The third-order valence-electron chi connectivity index (χ3n) is 6.74. The van der Waals surface area contributed by atoms with Gasteiger partial charge in [-0.2, -0.15) is 4.31 Å². The van der Waals surface area contributed by atoms with Gasteiger partial charge in [0.05, 0.1) is 10.8 Å². The van der Waals surface area contributed by atoms with Crippen molar-refractivity contribution in [1.29, 1.82) is 0 Å². The van der Waals surface area contributed by atoms with Gasteiger partial charge >= 0.3 is 0 Å². The minimum atomic E-state index is -3.52. The highest BCUT2D eigenvalue weighted by molar-refractivity contribution is 7.89. The molecule has 2 aliphatic rings. The number of hydrogen-bond acceptors (Lipinski definition) is 5. The number of nitrogens with zero attached hydrogens (tertiary/aromatic N) is 2. The maximum absolute atomic E-state index is 12.8. The van der Waals surface area contributed by atoms with Gasteiger partial charge in [0.1, 0.15) is 0 Å². The van der Waals surface area contributed by atoms with Crippen molar-refractivity contribution >= 4 is 27.5 Å². The number of sulfonamides is 1. The first-order valence-corrected chi connectivity index (χ1v) is 13.2. The predicted molar refractivity (Wildman–Crippen MR) is 130 cm³/mol. The zero-order chi connectivity index (χ0) is 24.1. The van der Waals surface area contributed by atoms with E-state index in [4.69, 9.17) is 5.73 Å². The van der Waals surface area contributed by atoms with Crippen LogP contribution in [-0.2, 0) is 26.2 Å². The van der Waals surface area contributed by atoms with Gasteiger partial charge in [-0.25, -0.2) is 8.42 Å². The standard InChI is InChI=1S/C25H32N4O4S/c26-24(30)21-5-4-14-28(18-21)17-19-8-10-22(11-9-19)27-25(31)20-12-15-29(16-13-20)34(32,33)23-6-2-1-3-7-23/h1-3,6-11,20-21H,4-5,12-18H2,(H2,26,30)(H,27,31). The summed E-state index contributed by atoms with van der Waals surface area (Å²) in [6, 6.07) is 16.1. The SMILES string of the molecule is NC(=O)C1CCCN(Cc2ccc(NC(=O)C3CCN(S(=O)(=O)c4ccccc4)CC3)cc2)C1. The van der Waals surface area contributed by atoms with Gasteiger partial charge in [-0.3, -0.25) is 14.5 Å². The smallest absolute Gasteiger partial charge is 0.243 e. The Morgan fingerprint density at radius 2 is 1.59 bits per heavy atom. The van der Waals surface area contributed by atoms with Gasteiger partial charge in [0.15, 0.2) is 0 Å². The van der Waals surface area contributed by atoms with Crippen LogP contribution in [0.3, 0.4) is 0 Å². The third kappa shape index (κ3) is 5.84. The Bertz CT molecular complexity index is 1100. The summed E-state index contributed by atoms with van der Waals surface area (Å²) in [5, 5.41) is 2.97. The molecule has 0 aromatic heterocycles. The lowest BCUT2D eigenvalue weighted by Gasteiger charge is -2.31. The summed E-state index contributed by atoms with van der Waals surface area (Å²) < 4.78 is 27.0. The van der Waals surface area contributed by atoms with E-state index < -0.39 is 10.0 Å². The monoisotopic (exact) mass is 484 g/mol. The van der Waals surface area contributed by atoms with Gasteiger partial charge in [-0.1, -0.05) is 30.3 Å². The van der Waals surface area contributed by atoms with Gasteiger partial charge in [-0.15, -0.1) is 0 Å². The summed E-state index contributed by atoms with van der Waals surface area (Å²) in [5.74, 6) is -0.613. The molecule has 34 heavy (non-hydrogen) atoms. The fraction of sp³-hybridized carbons (Fsp3) is 0.440. The fourth-order valence-electron chi connectivity index (χ4n) is 4.73. The molecule has 2 aromatic rings. The van der Waals surface area contributed by atoms with Crippen LogP contribution in [0, 0.1) is 11.8 Å². The number of rotatable bonds is 7. The van der Waals surface area contributed by atoms with E-state index >= 15 is 0 Å². The average molecular weight is 485 g/mol. The highest BCUT2D eigenvalue weighted by Gasteiger charge is 2.32. The molecule has 4 rings (SSSR count). The molecule has 0 saturated carbocycles. The molecule has 2 saturated heterocycles. The number of anilines is 1. The lowest BCUT2D eigenvalue weighted by Crippen LogP contribution is -2.41. The van der Waals surface area contributed by atoms with Crippen LogP contribution in [0.25, 0.3) is 0 Å². The van der Waals surface area contributed by atoms with Gasteiger partial charge in [-0.05, 0) is 62.1 Å². The van der Waals surface area contributed by atoms with Gasteiger partial charge in [0, 0.05) is 37.8 Å². The van der Waals surface area contributed by atoms with Crippen molar-refractivity contribution in [1.82, 2.24) is 9.21 Å². The van der Waals surface area contributed by atoms with E-state index in [9.17, 15) is 18.0 Å². The summed E-state index contributed by atoms with van der Waals surface area (Å²) in [7, 11) is -3.52. The molecule has 2 fully saturated rings. The average Bonchev–Trinajstić information content (AvgIpc) is 2.86. The van der Waals surface area contributed by atoms with Crippen LogP contribution >= 0.6 is 0 Å². The molecule has 0 radical (unpaired) electrons. The normalized spacial score (nSPS) is 20.6. The number of amides is 2. The Kier molecular flexibility index (Phi) is 7.65. The van der Waals surface area contributed by atoms with Gasteiger partial charge in [0.25, 0.3) is 0 Å². The molecule has 0 aliphatic carbocycles. The Morgan fingerprint density at radius 3 is 2.24 bits per heavy atom. The molecule has 0 spiro atoms. The van der Waals surface area contributed by atoms with E-state index in [-0.39, 0.29) is 28.5 Å². The number of hydrogen-bond donors (Lipinski definition) is 2. The van der Waals surface area contributed by atoms with Gasteiger partial charge < -0.3 is 11.1 Å². The largest absolute Gasteiger partial charge is 0.369 e. The van der Waals surface area contributed by atoms with E-state index in [1.165, 1.54) is 4.31 Å². The van der Waals surface area contributed by atoms with Crippen LogP contribution in [0.5, 0.6) is 0 Å². The first-order valence-electron chi connectivity index (χ1n) is 11.8. The molecule has 2 aromatic carbocycles. The zero-order valence-corrected chi connectivity index (χ0v) is 20.0. The topological polar surface area (TPSA) is 113 Å². The summed E-state index contributed by atoms with van der Waals surface area (Å²) in [5.41, 5.74) is 7.30. The van der Waals surface area contributed by atoms with Gasteiger partial charge in [0.2, 0.25) is 21.8 Å². The number of benzene rings is 2. The lowest BCUT2D eigenvalue weighted by atomic mass is 9.97. The summed E-state index contributed by atoms with van der Waals surface area (Å²) in [6.07, 6.45) is 2.80. The first-order chi connectivity index (χ1) is 16.3. The quantitative estimate of drug-likeness (QED) is 0.627. The Balaban J connectivity index is 1.27. The second-order valence-corrected chi connectivity index (χ2v) is 11.1. The van der Waals surface area contributed by atoms with Crippen molar-refractivity contribution in [2.75, 3.05) is 31.5 Å².